The zero-order valence-corrected chi connectivity index (χ0v) is 35.4. The van der Waals surface area contributed by atoms with Crippen molar-refractivity contribution in [2.24, 2.45) is 0 Å². The van der Waals surface area contributed by atoms with Gasteiger partial charge in [-0.15, -0.1) is 0 Å². The molecule has 2 unspecified atom stereocenters. The number of aromatic nitrogens is 2. The molecule has 2 saturated heterocycles. The Balaban J connectivity index is 1.19. The molecular formula is C48H54N4O9. The lowest BCUT2D eigenvalue weighted by atomic mass is 9.99. The number of pyridine rings is 1. The van der Waals surface area contributed by atoms with Crippen LogP contribution in [0.3, 0.4) is 0 Å². The van der Waals surface area contributed by atoms with Crippen LogP contribution in [0.1, 0.15) is 63.9 Å². The van der Waals surface area contributed by atoms with E-state index < -0.39 is 66.0 Å². The number of ether oxygens (including phenoxy) is 6. The fourth-order valence-corrected chi connectivity index (χ4v) is 7.57. The summed E-state index contributed by atoms with van der Waals surface area (Å²) in [5.41, 5.74) is 3.47. The Morgan fingerprint density at radius 3 is 2.23 bits per heavy atom. The lowest BCUT2D eigenvalue weighted by Crippen LogP contribution is -2.52. The first-order chi connectivity index (χ1) is 29.2. The number of para-hydroxylation sites is 1. The number of fused-ring (bicyclic) bond motifs is 2. The van der Waals surface area contributed by atoms with Gasteiger partial charge in [-0.05, 0) is 76.4 Å². The number of nitrogens with one attached hydrogen (secondary N) is 2. The van der Waals surface area contributed by atoms with Gasteiger partial charge in [0.25, 0.3) is 0 Å². The molecule has 2 fully saturated rings. The van der Waals surface area contributed by atoms with E-state index in [0.717, 1.165) is 33.3 Å². The zero-order valence-electron chi connectivity index (χ0n) is 35.4. The molecule has 13 nitrogen and oxygen atoms in total. The molecule has 2 amide bonds. The van der Waals surface area contributed by atoms with Crippen LogP contribution in [0.25, 0.3) is 16.7 Å². The second-order valence-electron chi connectivity index (χ2n) is 16.7. The Morgan fingerprint density at radius 1 is 0.869 bits per heavy atom. The maximum absolute atomic E-state index is 14.2. The standard InChI is InChI=1S/C48H54N4O9/c1-31(44(54)57-30-33-20-11-8-12-21-33)50-43(53)36(51-46(55)61-47(2,3)4)28-35-34-22-13-14-23-37(34)52(40-26-15-16-27-49-40)38(35)24-17-25-39-41(56-29-32-18-9-7-10-19-32)42-45(58-39)60-48(5,6)59-42/h7-23,25-27,31,36,39,41-42,45H,24,28-30H2,1-6H3,(H,50,53)(H,51,55)/b25-17+/t31-,36-,39+,41?,42?,45+/m0/s1. The summed E-state index contributed by atoms with van der Waals surface area (Å²) in [5.74, 6) is -1.36. The lowest BCUT2D eigenvalue weighted by molar-refractivity contribution is -0.213. The highest BCUT2D eigenvalue weighted by Gasteiger charge is 2.54. The molecule has 5 aromatic rings. The number of amides is 2. The molecule has 7 rings (SSSR count). The van der Waals surface area contributed by atoms with Crippen molar-refractivity contribution in [2.75, 3.05) is 0 Å². The summed E-state index contributed by atoms with van der Waals surface area (Å²) < 4.78 is 38.5. The Labute approximate surface area is 356 Å². The number of hydrogen-bond acceptors (Lipinski definition) is 10. The second kappa shape index (κ2) is 18.8. The number of nitrogens with zero attached hydrogens (tertiary/aromatic N) is 2. The molecule has 0 bridgehead atoms. The van der Waals surface area contributed by atoms with E-state index in [2.05, 4.69) is 15.2 Å². The van der Waals surface area contributed by atoms with Crippen LogP contribution < -0.4 is 10.6 Å². The van der Waals surface area contributed by atoms with E-state index in [1.54, 1.807) is 33.9 Å². The Kier molecular flexibility index (Phi) is 13.3. The number of benzene rings is 3. The predicted molar refractivity (Wildman–Crippen MR) is 228 cm³/mol. The summed E-state index contributed by atoms with van der Waals surface area (Å²) in [6.07, 6.45) is 3.32. The van der Waals surface area contributed by atoms with E-state index in [-0.39, 0.29) is 13.0 Å². The molecule has 3 aromatic carbocycles. The molecule has 0 spiro atoms. The van der Waals surface area contributed by atoms with Gasteiger partial charge < -0.3 is 39.1 Å². The van der Waals surface area contributed by atoms with Crippen molar-refractivity contribution in [3.63, 3.8) is 0 Å². The molecule has 61 heavy (non-hydrogen) atoms. The third-order valence-electron chi connectivity index (χ3n) is 10.3. The number of carbonyl (C=O) groups is 3. The molecule has 0 saturated carbocycles. The van der Waals surface area contributed by atoms with Gasteiger partial charge >= 0.3 is 12.1 Å². The fraction of sp³-hybridized carbons (Fsp3) is 0.375. The van der Waals surface area contributed by atoms with Crippen LogP contribution in [-0.4, -0.2) is 75.6 Å². The molecule has 2 N–H and O–H groups in total. The Hall–Kier alpha value is -5.86. The van der Waals surface area contributed by atoms with Crippen LogP contribution in [0, 0.1) is 0 Å². The summed E-state index contributed by atoms with van der Waals surface area (Å²) in [7, 11) is 0. The second-order valence-corrected chi connectivity index (χ2v) is 16.7. The molecule has 6 atom stereocenters. The summed E-state index contributed by atoms with van der Waals surface area (Å²) in [4.78, 5) is 45.4. The SMILES string of the molecule is C[C@H](NC(=O)[C@H](Cc1c(C/C=C/[C@H]2O[C@@H]3OC(C)(C)OC3C2OCc2ccccc2)n(-c2ccccn2)c2ccccc12)NC(=O)OC(C)(C)C)C(=O)OCc1ccccc1. The van der Waals surface area contributed by atoms with E-state index in [1.165, 1.54) is 0 Å². The van der Waals surface area contributed by atoms with Crippen molar-refractivity contribution in [3.8, 4) is 5.82 Å². The molecule has 2 aromatic heterocycles. The smallest absolute Gasteiger partial charge is 0.408 e. The molecule has 0 aliphatic carbocycles. The monoisotopic (exact) mass is 830 g/mol. The largest absolute Gasteiger partial charge is 0.459 e. The van der Waals surface area contributed by atoms with Crippen molar-refractivity contribution in [2.45, 2.75) is 116 Å². The van der Waals surface area contributed by atoms with Gasteiger partial charge in [0.05, 0.1) is 12.1 Å². The average molecular weight is 831 g/mol. The van der Waals surface area contributed by atoms with Crippen LogP contribution in [0.2, 0.25) is 0 Å². The Bertz CT molecular complexity index is 2310. The maximum Gasteiger partial charge on any atom is 0.408 e. The highest BCUT2D eigenvalue weighted by molar-refractivity contribution is 5.92. The fourth-order valence-electron chi connectivity index (χ4n) is 7.57. The topological polar surface area (TPSA) is 148 Å². The van der Waals surface area contributed by atoms with Crippen molar-refractivity contribution >= 4 is 28.9 Å². The number of carbonyl (C=O) groups excluding carboxylic acids is 3. The van der Waals surface area contributed by atoms with Gasteiger partial charge in [0, 0.05) is 30.1 Å². The molecule has 4 heterocycles. The van der Waals surface area contributed by atoms with Crippen LogP contribution >= 0.6 is 0 Å². The molecule has 320 valence electrons. The van der Waals surface area contributed by atoms with E-state index in [4.69, 9.17) is 33.4 Å². The highest BCUT2D eigenvalue weighted by Crippen LogP contribution is 2.40. The van der Waals surface area contributed by atoms with Crippen LogP contribution in [0.15, 0.2) is 121 Å². The quantitative estimate of drug-likeness (QED) is 0.0816. The number of hydrogen-bond donors (Lipinski definition) is 2. The van der Waals surface area contributed by atoms with E-state index in [0.29, 0.717) is 18.8 Å². The zero-order chi connectivity index (χ0) is 43.1. The maximum atomic E-state index is 14.2. The number of esters is 1. The molecule has 2 aliphatic rings. The van der Waals surface area contributed by atoms with Crippen LogP contribution in [-0.2, 0) is 64.1 Å². The van der Waals surface area contributed by atoms with Crippen molar-refractivity contribution < 1.29 is 42.8 Å². The van der Waals surface area contributed by atoms with Gasteiger partial charge in [-0.1, -0.05) is 97.1 Å². The first kappa shape index (κ1) is 43.2. The summed E-state index contributed by atoms with van der Waals surface area (Å²) in [6, 6.07) is 30.6. The minimum absolute atomic E-state index is 0.0457. The van der Waals surface area contributed by atoms with Crippen molar-refractivity contribution in [3.05, 3.63) is 144 Å². The van der Waals surface area contributed by atoms with E-state index in [1.807, 2.05) is 129 Å². The highest BCUT2D eigenvalue weighted by atomic mass is 16.8. The third kappa shape index (κ3) is 10.9. The summed E-state index contributed by atoms with van der Waals surface area (Å²) in [6.45, 7) is 10.9. The van der Waals surface area contributed by atoms with Gasteiger partial charge in [-0.2, -0.15) is 0 Å². The van der Waals surface area contributed by atoms with Gasteiger partial charge in [0.15, 0.2) is 12.1 Å². The summed E-state index contributed by atoms with van der Waals surface area (Å²) in [5, 5.41) is 6.43. The van der Waals surface area contributed by atoms with E-state index >= 15 is 0 Å². The van der Waals surface area contributed by atoms with E-state index in [9.17, 15) is 14.4 Å². The molecule has 13 heteroatoms. The first-order valence-corrected chi connectivity index (χ1v) is 20.6. The minimum Gasteiger partial charge on any atom is -0.459 e. The predicted octanol–water partition coefficient (Wildman–Crippen LogP) is 7.27. The molecular weight excluding hydrogens is 777 g/mol. The lowest BCUT2D eigenvalue weighted by Gasteiger charge is -2.25. The minimum atomic E-state index is -1.16. The molecule has 2 aliphatic heterocycles. The van der Waals surface area contributed by atoms with Crippen LogP contribution in [0.5, 0.6) is 0 Å². The van der Waals surface area contributed by atoms with Gasteiger partial charge in [-0.25, -0.2) is 14.6 Å². The van der Waals surface area contributed by atoms with Crippen molar-refractivity contribution in [1.82, 2.24) is 20.2 Å². The average Bonchev–Trinajstić information content (AvgIpc) is 3.83. The van der Waals surface area contributed by atoms with Gasteiger partial charge in [-0.3, -0.25) is 9.36 Å². The summed E-state index contributed by atoms with van der Waals surface area (Å²) >= 11 is 0. The van der Waals surface area contributed by atoms with Crippen molar-refractivity contribution in [1.29, 1.82) is 0 Å². The van der Waals surface area contributed by atoms with Gasteiger partial charge in [0.2, 0.25) is 5.91 Å². The number of rotatable bonds is 15. The molecule has 0 radical (unpaired) electrons. The first-order valence-electron chi connectivity index (χ1n) is 20.6. The number of alkyl carbamates (subject to hydrolysis) is 1. The Morgan fingerprint density at radius 2 is 1.54 bits per heavy atom. The number of allylic oxidation sites excluding steroid dienone is 1. The third-order valence-corrected chi connectivity index (χ3v) is 10.3. The normalized spacial score (nSPS) is 20.6. The van der Waals surface area contributed by atoms with Gasteiger partial charge in [0.1, 0.15) is 48.4 Å². The van der Waals surface area contributed by atoms with Crippen LogP contribution in [0.4, 0.5) is 4.79 Å².